The van der Waals surface area contributed by atoms with Crippen LogP contribution in [0.2, 0.25) is 0 Å². The maximum Gasteiger partial charge on any atom is 0.263 e. The molecule has 0 spiro atoms. The monoisotopic (exact) mass is 343 g/mol. The Morgan fingerprint density at radius 3 is 2.28 bits per heavy atom. The third-order valence-corrected chi connectivity index (χ3v) is 3.56. The van der Waals surface area contributed by atoms with Gasteiger partial charge in [-0.3, -0.25) is 4.79 Å². The van der Waals surface area contributed by atoms with Crippen LogP contribution in [0.5, 0.6) is 5.75 Å². The molecule has 0 unspecified atom stereocenters. The summed E-state index contributed by atoms with van der Waals surface area (Å²) in [4.78, 5) is 12.2. The standard InChI is InChI=1S/C20H29N3O2/c1-19(2,3)14-20(4,5)23-13-16(11-21)18(24)22-12-15-7-9-17(25-6)10-8-15/h7-10,13,23H,12,14H2,1-6H3,(H,22,24)/b16-13-. The van der Waals surface area contributed by atoms with Crippen LogP contribution in [-0.2, 0) is 11.3 Å². The van der Waals surface area contributed by atoms with Crippen LogP contribution in [0, 0.1) is 16.7 Å². The highest BCUT2D eigenvalue weighted by Gasteiger charge is 2.24. The van der Waals surface area contributed by atoms with Crippen LogP contribution in [0.25, 0.3) is 0 Å². The molecule has 0 saturated carbocycles. The van der Waals surface area contributed by atoms with E-state index in [1.54, 1.807) is 7.11 Å². The number of nitriles is 1. The van der Waals surface area contributed by atoms with E-state index in [0.29, 0.717) is 6.54 Å². The molecule has 0 aliphatic heterocycles. The summed E-state index contributed by atoms with van der Waals surface area (Å²) in [6.07, 6.45) is 2.41. The van der Waals surface area contributed by atoms with Gasteiger partial charge in [0, 0.05) is 18.3 Å². The summed E-state index contributed by atoms with van der Waals surface area (Å²) in [7, 11) is 1.61. The second kappa shape index (κ2) is 8.57. The highest BCUT2D eigenvalue weighted by molar-refractivity contribution is 5.97. The molecule has 25 heavy (non-hydrogen) atoms. The fourth-order valence-electron chi connectivity index (χ4n) is 2.81. The SMILES string of the molecule is COc1ccc(CNC(=O)/C(C#N)=C\NC(C)(C)CC(C)(C)C)cc1. The Morgan fingerprint density at radius 1 is 1.20 bits per heavy atom. The summed E-state index contributed by atoms with van der Waals surface area (Å²) in [6, 6.07) is 9.37. The Morgan fingerprint density at radius 2 is 1.80 bits per heavy atom. The second-order valence-corrected chi connectivity index (χ2v) is 7.97. The number of methoxy groups -OCH3 is 1. The van der Waals surface area contributed by atoms with E-state index >= 15 is 0 Å². The largest absolute Gasteiger partial charge is 0.497 e. The van der Waals surface area contributed by atoms with Crippen molar-refractivity contribution in [3.05, 3.63) is 41.6 Å². The van der Waals surface area contributed by atoms with Crippen molar-refractivity contribution in [2.24, 2.45) is 5.41 Å². The van der Waals surface area contributed by atoms with E-state index in [-0.39, 0.29) is 16.5 Å². The zero-order valence-electron chi connectivity index (χ0n) is 16.1. The third-order valence-electron chi connectivity index (χ3n) is 3.56. The van der Waals surface area contributed by atoms with Gasteiger partial charge in [-0.05, 0) is 43.4 Å². The lowest BCUT2D eigenvalue weighted by Gasteiger charge is -2.33. The lowest BCUT2D eigenvalue weighted by atomic mass is 9.82. The Kier molecular flexibility index (Phi) is 7.05. The second-order valence-electron chi connectivity index (χ2n) is 7.97. The first kappa shape index (κ1) is 20.6. The molecular formula is C20H29N3O2. The normalized spacial score (nSPS) is 12.3. The number of hydrogen-bond donors (Lipinski definition) is 2. The van der Waals surface area contributed by atoms with Crippen LogP contribution in [0.3, 0.4) is 0 Å². The lowest BCUT2D eigenvalue weighted by Crippen LogP contribution is -2.40. The zero-order valence-corrected chi connectivity index (χ0v) is 16.1. The number of ether oxygens (including phenoxy) is 1. The zero-order chi connectivity index (χ0) is 19.1. The maximum absolute atomic E-state index is 12.2. The van der Waals surface area contributed by atoms with E-state index < -0.39 is 5.91 Å². The highest BCUT2D eigenvalue weighted by Crippen LogP contribution is 2.26. The van der Waals surface area contributed by atoms with Crippen molar-refractivity contribution in [2.75, 3.05) is 7.11 Å². The summed E-state index contributed by atoms with van der Waals surface area (Å²) in [6.45, 7) is 10.9. The number of hydrogen-bond acceptors (Lipinski definition) is 4. The van der Waals surface area contributed by atoms with E-state index in [0.717, 1.165) is 17.7 Å². The Balaban J connectivity index is 2.65. The molecule has 5 nitrogen and oxygen atoms in total. The molecule has 0 fully saturated rings. The van der Waals surface area contributed by atoms with Crippen molar-refractivity contribution >= 4 is 5.91 Å². The van der Waals surface area contributed by atoms with Crippen molar-refractivity contribution in [1.29, 1.82) is 5.26 Å². The van der Waals surface area contributed by atoms with Gasteiger partial charge in [-0.15, -0.1) is 0 Å². The van der Waals surface area contributed by atoms with E-state index in [4.69, 9.17) is 4.74 Å². The van der Waals surface area contributed by atoms with Crippen molar-refractivity contribution < 1.29 is 9.53 Å². The Hall–Kier alpha value is -2.48. The summed E-state index contributed by atoms with van der Waals surface area (Å²) < 4.78 is 5.10. The molecule has 5 heteroatoms. The molecule has 0 bridgehead atoms. The molecule has 1 aromatic carbocycles. The molecule has 0 radical (unpaired) electrons. The van der Waals surface area contributed by atoms with Crippen LogP contribution in [0.4, 0.5) is 0 Å². The fraction of sp³-hybridized carbons (Fsp3) is 0.500. The van der Waals surface area contributed by atoms with Gasteiger partial charge in [0.1, 0.15) is 17.4 Å². The van der Waals surface area contributed by atoms with Crippen molar-refractivity contribution in [2.45, 2.75) is 53.1 Å². The molecule has 0 aliphatic rings. The summed E-state index contributed by atoms with van der Waals surface area (Å²) >= 11 is 0. The molecular weight excluding hydrogens is 314 g/mol. The first-order chi connectivity index (χ1) is 11.6. The average Bonchev–Trinajstić information content (AvgIpc) is 2.51. The predicted molar refractivity (Wildman–Crippen MR) is 99.8 cm³/mol. The first-order valence-corrected chi connectivity index (χ1v) is 8.35. The van der Waals surface area contributed by atoms with Gasteiger partial charge in [-0.2, -0.15) is 5.26 Å². The van der Waals surface area contributed by atoms with Crippen LogP contribution < -0.4 is 15.4 Å². The maximum atomic E-state index is 12.2. The van der Waals surface area contributed by atoms with Gasteiger partial charge in [-0.25, -0.2) is 0 Å². The number of carbonyl (C=O) groups excluding carboxylic acids is 1. The molecule has 0 aromatic heterocycles. The predicted octanol–water partition coefficient (Wildman–Crippen LogP) is 3.52. The molecule has 0 aliphatic carbocycles. The molecule has 0 saturated heterocycles. The number of nitrogens with zero attached hydrogens (tertiary/aromatic N) is 1. The number of carbonyl (C=O) groups is 1. The van der Waals surface area contributed by atoms with Crippen LogP contribution in [0.1, 0.15) is 46.6 Å². The van der Waals surface area contributed by atoms with E-state index in [1.165, 1.54) is 6.20 Å². The number of rotatable bonds is 7. The molecule has 136 valence electrons. The fourth-order valence-corrected chi connectivity index (χ4v) is 2.81. The van der Waals surface area contributed by atoms with Gasteiger partial charge < -0.3 is 15.4 Å². The van der Waals surface area contributed by atoms with Crippen molar-refractivity contribution in [1.82, 2.24) is 10.6 Å². The van der Waals surface area contributed by atoms with Crippen LogP contribution in [0.15, 0.2) is 36.0 Å². The van der Waals surface area contributed by atoms with Crippen molar-refractivity contribution in [3.63, 3.8) is 0 Å². The summed E-state index contributed by atoms with van der Waals surface area (Å²) in [5.41, 5.74) is 0.938. The number of amides is 1. The molecule has 1 aromatic rings. The minimum atomic E-state index is -0.391. The molecule has 2 N–H and O–H groups in total. The quantitative estimate of drug-likeness (QED) is 0.587. The van der Waals surface area contributed by atoms with Gasteiger partial charge in [0.2, 0.25) is 0 Å². The molecule has 1 rings (SSSR count). The minimum Gasteiger partial charge on any atom is -0.497 e. The van der Waals surface area contributed by atoms with E-state index in [1.807, 2.05) is 30.3 Å². The third kappa shape index (κ3) is 7.75. The topological polar surface area (TPSA) is 74.1 Å². The van der Waals surface area contributed by atoms with Crippen LogP contribution in [-0.4, -0.2) is 18.6 Å². The van der Waals surface area contributed by atoms with Gasteiger partial charge in [-0.1, -0.05) is 32.9 Å². The smallest absolute Gasteiger partial charge is 0.263 e. The average molecular weight is 343 g/mol. The highest BCUT2D eigenvalue weighted by atomic mass is 16.5. The Labute approximate surface area is 151 Å². The summed E-state index contributed by atoms with van der Waals surface area (Å²) in [5.74, 6) is 0.371. The van der Waals surface area contributed by atoms with Gasteiger partial charge in [0.05, 0.1) is 7.11 Å². The Bertz CT molecular complexity index is 647. The molecule has 0 atom stereocenters. The minimum absolute atomic E-state index is 0.0653. The summed E-state index contributed by atoms with van der Waals surface area (Å²) in [5, 5.41) is 15.2. The van der Waals surface area contributed by atoms with Crippen LogP contribution >= 0.6 is 0 Å². The molecule has 1 amide bonds. The van der Waals surface area contributed by atoms with Crippen molar-refractivity contribution in [3.8, 4) is 11.8 Å². The van der Waals surface area contributed by atoms with Gasteiger partial charge in [0.15, 0.2) is 0 Å². The van der Waals surface area contributed by atoms with E-state index in [2.05, 4.69) is 45.3 Å². The molecule has 0 heterocycles. The van der Waals surface area contributed by atoms with Gasteiger partial charge >= 0.3 is 0 Å². The first-order valence-electron chi connectivity index (χ1n) is 8.35. The lowest BCUT2D eigenvalue weighted by molar-refractivity contribution is -0.117. The number of benzene rings is 1. The number of nitrogens with one attached hydrogen (secondary N) is 2. The van der Waals surface area contributed by atoms with Gasteiger partial charge in [0.25, 0.3) is 5.91 Å². The van der Waals surface area contributed by atoms with E-state index in [9.17, 15) is 10.1 Å².